The average molecular weight is 298 g/mol. The van der Waals surface area contributed by atoms with Crippen molar-refractivity contribution in [3.05, 3.63) is 76.0 Å². The lowest BCUT2D eigenvalue weighted by Gasteiger charge is -2.00. The molecule has 0 unspecified atom stereocenters. The smallest absolute Gasteiger partial charge is 0.290 e. The monoisotopic (exact) mass is 298 g/mol. The second-order valence-electron chi connectivity index (χ2n) is 4.93. The zero-order chi connectivity index (χ0) is 15.9. The van der Waals surface area contributed by atoms with Gasteiger partial charge in [-0.1, -0.05) is 41.1 Å². The maximum absolute atomic E-state index is 10.9. The predicted molar refractivity (Wildman–Crippen MR) is 83.8 cm³/mol. The van der Waals surface area contributed by atoms with E-state index in [4.69, 9.17) is 0 Å². The molecule has 0 amide bonds. The molecule has 0 atom stereocenters. The third-order valence-corrected chi connectivity index (χ3v) is 2.88. The van der Waals surface area contributed by atoms with Gasteiger partial charge < -0.3 is 10.1 Å². The average Bonchev–Trinajstić information content (AvgIpc) is 2.90. The van der Waals surface area contributed by atoms with E-state index < -0.39 is 5.56 Å². The molecular weight excluding hydrogens is 280 g/mol. The van der Waals surface area contributed by atoms with E-state index in [1.165, 1.54) is 11.6 Å². The summed E-state index contributed by atoms with van der Waals surface area (Å²) in [5.74, 6) is -0.288. The van der Waals surface area contributed by atoms with Crippen LogP contribution in [0, 0.1) is 13.8 Å². The van der Waals surface area contributed by atoms with E-state index in [9.17, 15) is 9.90 Å². The van der Waals surface area contributed by atoms with Crippen LogP contribution in [0.4, 0.5) is 0 Å². The molecule has 114 valence electrons. The predicted octanol–water partition coefficient (Wildman–Crippen LogP) is 2.02. The van der Waals surface area contributed by atoms with Crippen LogP contribution in [0.25, 0.3) is 0 Å². The van der Waals surface area contributed by atoms with E-state index in [1.54, 1.807) is 17.1 Å². The second kappa shape index (κ2) is 7.21. The van der Waals surface area contributed by atoms with Crippen LogP contribution in [-0.4, -0.2) is 25.1 Å². The number of nitrogens with zero attached hydrogens (tertiary/aromatic N) is 3. The molecule has 0 saturated carbocycles. The molecule has 0 bridgehead atoms. The molecule has 3 aromatic rings. The van der Waals surface area contributed by atoms with Crippen molar-refractivity contribution < 1.29 is 5.11 Å². The topological polar surface area (TPSA) is 83.8 Å². The van der Waals surface area contributed by atoms with E-state index in [1.807, 2.05) is 25.1 Å². The first-order chi connectivity index (χ1) is 10.5. The maximum Gasteiger partial charge on any atom is 0.290 e. The summed E-state index contributed by atoms with van der Waals surface area (Å²) in [4.78, 5) is 13.3. The highest BCUT2D eigenvalue weighted by Crippen LogP contribution is 2.05. The Morgan fingerprint density at radius 3 is 2.45 bits per heavy atom. The molecule has 6 nitrogen and oxygen atoms in total. The van der Waals surface area contributed by atoms with Crippen LogP contribution >= 0.6 is 0 Å². The lowest BCUT2D eigenvalue weighted by molar-refractivity contribution is 0.465. The number of aromatic hydroxyl groups is 1. The van der Waals surface area contributed by atoms with Gasteiger partial charge in [0.15, 0.2) is 5.75 Å². The Morgan fingerprint density at radius 1 is 1.23 bits per heavy atom. The van der Waals surface area contributed by atoms with Gasteiger partial charge in [0, 0.05) is 12.4 Å². The third-order valence-electron chi connectivity index (χ3n) is 2.88. The normalized spacial score (nSPS) is 9.91. The van der Waals surface area contributed by atoms with E-state index in [0.29, 0.717) is 6.54 Å². The summed E-state index contributed by atoms with van der Waals surface area (Å²) in [6, 6.07) is 11.7. The van der Waals surface area contributed by atoms with Crippen LogP contribution in [0.2, 0.25) is 0 Å². The van der Waals surface area contributed by atoms with Crippen molar-refractivity contribution in [2.75, 3.05) is 0 Å². The number of benzene rings is 1. The first kappa shape index (κ1) is 15.5. The van der Waals surface area contributed by atoms with E-state index in [0.717, 1.165) is 11.3 Å². The minimum atomic E-state index is -0.492. The Balaban J connectivity index is 0.000000211. The Kier molecular flexibility index (Phi) is 5.08. The quantitative estimate of drug-likeness (QED) is 0.758. The number of hydrogen-bond acceptors (Lipinski definition) is 4. The van der Waals surface area contributed by atoms with Gasteiger partial charge >= 0.3 is 0 Å². The van der Waals surface area contributed by atoms with Gasteiger partial charge in [-0.2, -0.15) is 0 Å². The van der Waals surface area contributed by atoms with Crippen LogP contribution in [0.15, 0.2) is 53.6 Å². The molecule has 0 radical (unpaired) electrons. The second-order valence-corrected chi connectivity index (χ2v) is 4.93. The van der Waals surface area contributed by atoms with Crippen molar-refractivity contribution in [1.29, 1.82) is 0 Å². The standard InChI is InChI=1S/C9H10N4O2.C7H8/c1-6-4-13(12-11-6)5-7-2-8(14)9(15)10-3-7;1-7-5-3-2-4-6-7/h2-4,14H,5H2,1H3,(H,10,15);2-6H,1H3. The van der Waals surface area contributed by atoms with Crippen LogP contribution in [0.3, 0.4) is 0 Å². The molecule has 0 fully saturated rings. The third kappa shape index (κ3) is 4.59. The van der Waals surface area contributed by atoms with Gasteiger partial charge in [-0.15, -0.1) is 5.10 Å². The molecule has 0 aliphatic rings. The number of nitrogens with one attached hydrogen (secondary N) is 1. The summed E-state index contributed by atoms with van der Waals surface area (Å²) in [5.41, 5.74) is 2.41. The number of aryl methyl sites for hydroxylation is 2. The molecule has 2 N–H and O–H groups in total. The molecular formula is C16H18N4O2. The molecule has 3 rings (SSSR count). The Bertz CT molecular complexity index is 778. The Morgan fingerprint density at radius 2 is 1.95 bits per heavy atom. The highest BCUT2D eigenvalue weighted by atomic mass is 16.3. The van der Waals surface area contributed by atoms with Crippen LogP contribution < -0.4 is 5.56 Å². The first-order valence-electron chi connectivity index (χ1n) is 6.83. The maximum atomic E-state index is 10.9. The molecule has 2 aromatic heterocycles. The van der Waals surface area contributed by atoms with Crippen molar-refractivity contribution in [1.82, 2.24) is 20.0 Å². The van der Waals surface area contributed by atoms with E-state index >= 15 is 0 Å². The molecule has 2 heterocycles. The largest absolute Gasteiger partial charge is 0.503 e. The van der Waals surface area contributed by atoms with Crippen molar-refractivity contribution in [2.45, 2.75) is 20.4 Å². The highest BCUT2D eigenvalue weighted by Gasteiger charge is 2.01. The summed E-state index contributed by atoms with van der Waals surface area (Å²) in [6.45, 7) is 4.39. The molecule has 1 aromatic carbocycles. The fraction of sp³-hybridized carbons (Fsp3) is 0.188. The zero-order valence-corrected chi connectivity index (χ0v) is 12.5. The molecule has 0 saturated heterocycles. The van der Waals surface area contributed by atoms with Gasteiger partial charge in [0.05, 0.1) is 12.2 Å². The van der Waals surface area contributed by atoms with E-state index in [2.05, 4.69) is 34.4 Å². The van der Waals surface area contributed by atoms with Gasteiger partial charge in [-0.25, -0.2) is 4.68 Å². The van der Waals surface area contributed by atoms with Crippen molar-refractivity contribution in [2.24, 2.45) is 0 Å². The summed E-state index contributed by atoms with van der Waals surface area (Å²) < 4.78 is 1.63. The molecule has 22 heavy (non-hydrogen) atoms. The highest BCUT2D eigenvalue weighted by molar-refractivity contribution is 5.22. The lowest BCUT2D eigenvalue weighted by Crippen LogP contribution is -2.07. The minimum Gasteiger partial charge on any atom is -0.503 e. The Labute approximate surface area is 128 Å². The summed E-state index contributed by atoms with van der Waals surface area (Å²) in [5, 5.41) is 16.9. The van der Waals surface area contributed by atoms with Gasteiger partial charge in [0.2, 0.25) is 0 Å². The SMILES string of the molecule is Cc1ccccc1.Cc1cn(Cc2c[nH]c(=O)c(O)c2)nn1. The molecule has 0 aliphatic heterocycles. The van der Waals surface area contributed by atoms with Gasteiger partial charge in [-0.3, -0.25) is 4.79 Å². The minimum absolute atomic E-state index is 0.288. The number of pyridine rings is 1. The fourth-order valence-corrected chi connectivity index (χ4v) is 1.80. The van der Waals surface area contributed by atoms with Gasteiger partial charge in [0.1, 0.15) is 0 Å². The fourth-order valence-electron chi connectivity index (χ4n) is 1.80. The molecule has 0 aliphatic carbocycles. The van der Waals surface area contributed by atoms with Crippen molar-refractivity contribution >= 4 is 0 Å². The van der Waals surface area contributed by atoms with Crippen LogP contribution in [0.1, 0.15) is 16.8 Å². The van der Waals surface area contributed by atoms with Gasteiger partial charge in [-0.05, 0) is 25.5 Å². The summed E-state index contributed by atoms with van der Waals surface area (Å²) in [7, 11) is 0. The van der Waals surface area contributed by atoms with E-state index in [-0.39, 0.29) is 5.75 Å². The zero-order valence-electron chi connectivity index (χ0n) is 12.5. The molecule has 6 heteroatoms. The number of rotatable bonds is 2. The van der Waals surface area contributed by atoms with Gasteiger partial charge in [0.25, 0.3) is 5.56 Å². The summed E-state index contributed by atoms with van der Waals surface area (Å²) >= 11 is 0. The first-order valence-corrected chi connectivity index (χ1v) is 6.83. The van der Waals surface area contributed by atoms with Crippen molar-refractivity contribution in [3.8, 4) is 5.75 Å². The number of aromatic nitrogens is 4. The Hall–Kier alpha value is -2.89. The summed E-state index contributed by atoms with van der Waals surface area (Å²) in [6.07, 6.45) is 3.32. The number of H-pyrrole nitrogens is 1. The van der Waals surface area contributed by atoms with Crippen LogP contribution in [0.5, 0.6) is 5.75 Å². The lowest BCUT2D eigenvalue weighted by atomic mass is 10.2. The van der Waals surface area contributed by atoms with Crippen molar-refractivity contribution in [3.63, 3.8) is 0 Å². The number of hydrogen-bond donors (Lipinski definition) is 2. The number of aromatic amines is 1. The van der Waals surface area contributed by atoms with Crippen LogP contribution in [-0.2, 0) is 6.54 Å². The molecule has 0 spiro atoms.